The second kappa shape index (κ2) is 7.75. The Bertz CT molecular complexity index is 1030. The van der Waals surface area contributed by atoms with E-state index < -0.39 is 0 Å². The third-order valence-electron chi connectivity index (χ3n) is 4.16. The Morgan fingerprint density at radius 3 is 2.59 bits per heavy atom. The molecule has 0 atom stereocenters. The van der Waals surface area contributed by atoms with E-state index in [1.54, 1.807) is 17.5 Å². The molecular formula is C20H24N6S. The van der Waals surface area contributed by atoms with Crippen LogP contribution in [0.3, 0.4) is 0 Å². The van der Waals surface area contributed by atoms with Crippen LogP contribution in [0.1, 0.15) is 24.5 Å². The maximum atomic E-state index is 6.10. The summed E-state index contributed by atoms with van der Waals surface area (Å²) >= 11 is 1.66. The lowest BCUT2D eigenvalue weighted by Crippen LogP contribution is -2.11. The van der Waals surface area contributed by atoms with E-state index in [1.165, 1.54) is 0 Å². The molecule has 3 aromatic heterocycles. The van der Waals surface area contributed by atoms with Crippen molar-refractivity contribution in [1.82, 2.24) is 15.0 Å². The van der Waals surface area contributed by atoms with Crippen LogP contribution in [0.25, 0.3) is 21.5 Å². The van der Waals surface area contributed by atoms with Crippen LogP contribution in [0.15, 0.2) is 48.1 Å². The highest BCUT2D eigenvalue weighted by Crippen LogP contribution is 2.30. The summed E-state index contributed by atoms with van der Waals surface area (Å²) in [6.07, 6.45) is 5.27. The zero-order valence-corrected chi connectivity index (χ0v) is 16.8. The molecule has 0 amide bonds. The third-order valence-corrected chi connectivity index (χ3v) is 5.28. The number of aryl methyl sites for hydroxylation is 2. The molecule has 0 saturated heterocycles. The van der Waals surface area contributed by atoms with Crippen molar-refractivity contribution >= 4 is 28.2 Å². The number of aromatic nitrogens is 3. The largest absolute Gasteiger partial charge is 0.404 e. The fourth-order valence-corrected chi connectivity index (χ4v) is 3.67. The molecule has 140 valence electrons. The molecule has 0 unspecified atom stereocenters. The third kappa shape index (κ3) is 4.25. The molecule has 3 rings (SSSR count). The van der Waals surface area contributed by atoms with Crippen LogP contribution in [0.2, 0.25) is 0 Å². The molecule has 7 heteroatoms. The number of nitrogens with zero attached hydrogens (tertiary/aromatic N) is 3. The summed E-state index contributed by atoms with van der Waals surface area (Å²) in [6, 6.07) is 5.82. The Hall–Kier alpha value is -2.93. The van der Waals surface area contributed by atoms with Crippen molar-refractivity contribution in [2.75, 3.05) is 5.32 Å². The van der Waals surface area contributed by atoms with Crippen LogP contribution in [0.4, 0.5) is 5.82 Å². The fourth-order valence-electron chi connectivity index (χ4n) is 2.77. The summed E-state index contributed by atoms with van der Waals surface area (Å²) in [5, 5.41) is 4.16. The van der Waals surface area contributed by atoms with Crippen molar-refractivity contribution in [2.24, 2.45) is 17.4 Å². The number of nitrogens with one attached hydrogen (secondary N) is 1. The average molecular weight is 381 g/mol. The minimum absolute atomic E-state index is 0.290. The van der Waals surface area contributed by atoms with Crippen LogP contribution in [0.5, 0.6) is 0 Å². The summed E-state index contributed by atoms with van der Waals surface area (Å²) in [6.45, 7) is 8.14. The number of thiazole rings is 1. The monoisotopic (exact) mass is 380 g/mol. The van der Waals surface area contributed by atoms with Crippen LogP contribution in [0, 0.1) is 19.8 Å². The van der Waals surface area contributed by atoms with Gasteiger partial charge in [-0.3, -0.25) is 4.98 Å². The number of hydrogen-bond donors (Lipinski definition) is 3. The molecule has 0 aliphatic carbocycles. The van der Waals surface area contributed by atoms with Crippen molar-refractivity contribution in [1.29, 1.82) is 0 Å². The van der Waals surface area contributed by atoms with Gasteiger partial charge in [-0.1, -0.05) is 13.8 Å². The van der Waals surface area contributed by atoms with Gasteiger partial charge in [-0.15, -0.1) is 11.3 Å². The standard InChI is InChI=1S/C20H24N6S/c1-11(2)14(9-21)8-18(22)26-19-6-5-16-17(25-19)7-15(10-23-16)20-12(3)24-13(4)27-20/h5-11H,21-22H2,1-4H3,(H,25,26)/b14-9+,18-8+. The van der Waals surface area contributed by atoms with Gasteiger partial charge in [-0.05, 0) is 55.8 Å². The molecule has 0 aliphatic heterocycles. The number of nitrogens with two attached hydrogens (primary N) is 2. The van der Waals surface area contributed by atoms with E-state index in [1.807, 2.05) is 44.3 Å². The second-order valence-electron chi connectivity index (χ2n) is 6.65. The van der Waals surface area contributed by atoms with Crippen LogP contribution in [-0.4, -0.2) is 15.0 Å². The molecule has 0 saturated carbocycles. The predicted octanol–water partition coefficient (Wildman–Crippen LogP) is 4.08. The van der Waals surface area contributed by atoms with Crippen LogP contribution >= 0.6 is 11.3 Å². The van der Waals surface area contributed by atoms with E-state index in [-0.39, 0.29) is 5.92 Å². The summed E-state index contributed by atoms with van der Waals surface area (Å²) in [4.78, 5) is 14.8. The molecule has 5 N–H and O–H groups in total. The molecule has 0 spiro atoms. The van der Waals surface area contributed by atoms with Gasteiger partial charge in [0.15, 0.2) is 0 Å². The van der Waals surface area contributed by atoms with Gasteiger partial charge in [0.05, 0.1) is 26.6 Å². The van der Waals surface area contributed by atoms with E-state index in [4.69, 9.17) is 11.5 Å². The number of allylic oxidation sites excluding steroid dienone is 2. The van der Waals surface area contributed by atoms with Crippen LogP contribution < -0.4 is 16.8 Å². The van der Waals surface area contributed by atoms with Crippen molar-refractivity contribution < 1.29 is 0 Å². The number of hydrogen-bond acceptors (Lipinski definition) is 7. The first-order valence-electron chi connectivity index (χ1n) is 8.74. The van der Waals surface area contributed by atoms with Gasteiger partial charge in [0, 0.05) is 11.8 Å². The molecule has 6 nitrogen and oxygen atoms in total. The molecule has 3 aromatic rings. The first kappa shape index (κ1) is 18.8. The van der Waals surface area contributed by atoms with Crippen molar-refractivity contribution in [3.05, 3.63) is 58.8 Å². The topological polar surface area (TPSA) is 103 Å². The van der Waals surface area contributed by atoms with Gasteiger partial charge in [0.2, 0.25) is 0 Å². The second-order valence-corrected chi connectivity index (χ2v) is 7.86. The SMILES string of the molecule is Cc1nc(C)c(-c2cnc3ccc(N/C(N)=C/C(=C\N)C(C)C)nc3c2)s1. The molecular weight excluding hydrogens is 356 g/mol. The minimum atomic E-state index is 0.290. The van der Waals surface area contributed by atoms with Gasteiger partial charge in [-0.25, -0.2) is 9.97 Å². The number of anilines is 1. The van der Waals surface area contributed by atoms with E-state index >= 15 is 0 Å². The Kier molecular flexibility index (Phi) is 5.41. The lowest BCUT2D eigenvalue weighted by molar-refractivity contribution is 0.786. The zero-order chi connectivity index (χ0) is 19.6. The normalized spacial score (nSPS) is 12.8. The molecule has 0 aromatic carbocycles. The summed E-state index contributed by atoms with van der Waals surface area (Å²) in [5.74, 6) is 1.44. The number of fused-ring (bicyclic) bond motifs is 1. The van der Waals surface area contributed by atoms with Crippen molar-refractivity contribution in [3.8, 4) is 10.4 Å². The van der Waals surface area contributed by atoms with E-state index in [0.29, 0.717) is 11.6 Å². The molecule has 0 aliphatic rings. The zero-order valence-electron chi connectivity index (χ0n) is 15.9. The smallest absolute Gasteiger partial charge is 0.132 e. The van der Waals surface area contributed by atoms with Gasteiger partial charge in [-0.2, -0.15) is 0 Å². The molecule has 0 fully saturated rings. The predicted molar refractivity (Wildman–Crippen MR) is 113 cm³/mol. The number of rotatable bonds is 5. The fraction of sp³-hybridized carbons (Fsp3) is 0.250. The Balaban J connectivity index is 1.92. The first-order chi connectivity index (χ1) is 12.9. The lowest BCUT2D eigenvalue weighted by Gasteiger charge is -2.10. The molecule has 0 bridgehead atoms. The lowest BCUT2D eigenvalue weighted by atomic mass is 10.0. The average Bonchev–Trinajstić information content (AvgIpc) is 2.97. The molecule has 0 radical (unpaired) electrons. The summed E-state index contributed by atoms with van der Waals surface area (Å²) < 4.78 is 0. The van der Waals surface area contributed by atoms with Gasteiger partial charge >= 0.3 is 0 Å². The first-order valence-corrected chi connectivity index (χ1v) is 9.56. The quantitative estimate of drug-likeness (QED) is 0.576. The summed E-state index contributed by atoms with van der Waals surface area (Å²) in [5.41, 5.74) is 16.4. The van der Waals surface area contributed by atoms with Crippen molar-refractivity contribution in [2.45, 2.75) is 27.7 Å². The van der Waals surface area contributed by atoms with Gasteiger partial charge < -0.3 is 16.8 Å². The van der Waals surface area contributed by atoms with E-state index in [0.717, 1.165) is 37.7 Å². The Morgan fingerprint density at radius 2 is 1.96 bits per heavy atom. The van der Waals surface area contributed by atoms with E-state index in [9.17, 15) is 0 Å². The highest BCUT2D eigenvalue weighted by molar-refractivity contribution is 7.15. The minimum Gasteiger partial charge on any atom is -0.404 e. The molecule has 3 heterocycles. The molecule has 27 heavy (non-hydrogen) atoms. The van der Waals surface area contributed by atoms with Crippen LogP contribution in [-0.2, 0) is 0 Å². The summed E-state index contributed by atoms with van der Waals surface area (Å²) in [7, 11) is 0. The Labute approximate surface area is 163 Å². The maximum Gasteiger partial charge on any atom is 0.132 e. The van der Waals surface area contributed by atoms with Gasteiger partial charge in [0.25, 0.3) is 0 Å². The Morgan fingerprint density at radius 1 is 1.19 bits per heavy atom. The van der Waals surface area contributed by atoms with Crippen molar-refractivity contribution in [3.63, 3.8) is 0 Å². The van der Waals surface area contributed by atoms with Gasteiger partial charge in [0.1, 0.15) is 11.6 Å². The van der Waals surface area contributed by atoms with E-state index in [2.05, 4.69) is 34.1 Å². The highest BCUT2D eigenvalue weighted by Gasteiger charge is 2.10. The highest BCUT2D eigenvalue weighted by atomic mass is 32.1. The number of pyridine rings is 2. The maximum absolute atomic E-state index is 6.10.